The van der Waals surface area contributed by atoms with Gasteiger partial charge in [0.1, 0.15) is 17.3 Å². The van der Waals surface area contributed by atoms with Crippen LogP contribution in [0, 0.1) is 18.8 Å². The average molecular weight is 410 g/mol. The summed E-state index contributed by atoms with van der Waals surface area (Å²) < 4.78 is 8.08. The van der Waals surface area contributed by atoms with E-state index in [1.807, 2.05) is 61.0 Å². The number of benzene rings is 2. The quantitative estimate of drug-likeness (QED) is 0.497. The van der Waals surface area contributed by atoms with Gasteiger partial charge in [-0.05, 0) is 67.8 Å². The minimum Gasteiger partial charge on any atom is -0.457 e. The molecule has 31 heavy (non-hydrogen) atoms. The Labute approximate surface area is 180 Å². The Morgan fingerprint density at radius 2 is 2.06 bits per heavy atom. The number of ether oxygens (including phenoxy) is 1. The van der Waals surface area contributed by atoms with E-state index in [9.17, 15) is 0 Å². The Kier molecular flexibility index (Phi) is 4.98. The van der Waals surface area contributed by atoms with Crippen LogP contribution in [0.5, 0.6) is 11.5 Å². The molecular formula is C24H22N6O. The SMILES string of the molecule is Cc1cc(Nc2ccnc(C#CC3CCN3)n2)ccc1Oc1ccc2c(c1)ncn2C. The Morgan fingerprint density at radius 3 is 2.87 bits per heavy atom. The molecule has 0 bridgehead atoms. The maximum atomic E-state index is 6.09. The highest BCUT2D eigenvalue weighted by atomic mass is 16.5. The fourth-order valence-corrected chi connectivity index (χ4v) is 3.35. The highest BCUT2D eigenvalue weighted by Crippen LogP contribution is 2.29. The minimum atomic E-state index is 0.258. The van der Waals surface area contributed by atoms with Gasteiger partial charge in [-0.1, -0.05) is 5.92 Å². The summed E-state index contributed by atoms with van der Waals surface area (Å²) >= 11 is 0. The smallest absolute Gasteiger partial charge is 0.206 e. The lowest BCUT2D eigenvalue weighted by Gasteiger charge is -2.21. The molecule has 1 saturated heterocycles. The van der Waals surface area contributed by atoms with Crippen LogP contribution < -0.4 is 15.4 Å². The van der Waals surface area contributed by atoms with Crippen molar-refractivity contribution in [3.63, 3.8) is 0 Å². The van der Waals surface area contributed by atoms with E-state index in [0.717, 1.165) is 46.7 Å². The number of anilines is 2. The van der Waals surface area contributed by atoms with Gasteiger partial charge in [-0.25, -0.2) is 15.0 Å². The molecule has 1 atom stereocenters. The third-order valence-electron chi connectivity index (χ3n) is 5.21. The first kappa shape index (κ1) is 19.1. The lowest BCUT2D eigenvalue weighted by molar-refractivity contribution is 0.449. The maximum absolute atomic E-state index is 6.09. The molecule has 1 fully saturated rings. The van der Waals surface area contributed by atoms with Gasteiger partial charge >= 0.3 is 0 Å². The molecule has 2 aromatic carbocycles. The second-order valence-corrected chi connectivity index (χ2v) is 7.54. The van der Waals surface area contributed by atoms with Crippen molar-refractivity contribution in [1.82, 2.24) is 24.8 Å². The number of fused-ring (bicyclic) bond motifs is 1. The summed E-state index contributed by atoms with van der Waals surface area (Å²) in [6, 6.07) is 13.9. The van der Waals surface area contributed by atoms with Crippen molar-refractivity contribution in [3.05, 3.63) is 66.4 Å². The van der Waals surface area contributed by atoms with Crippen LogP contribution in [0.1, 0.15) is 17.8 Å². The molecule has 7 heteroatoms. The van der Waals surface area contributed by atoms with E-state index in [1.54, 1.807) is 12.5 Å². The molecule has 4 aromatic rings. The number of aryl methyl sites for hydroxylation is 2. The molecule has 1 unspecified atom stereocenters. The Hall–Kier alpha value is -3.89. The normalized spacial score (nSPS) is 15.1. The van der Waals surface area contributed by atoms with Crippen LogP contribution in [0.15, 0.2) is 55.0 Å². The molecular weight excluding hydrogens is 388 g/mol. The highest BCUT2D eigenvalue weighted by molar-refractivity contribution is 5.77. The fraction of sp³-hybridized carbons (Fsp3) is 0.208. The second-order valence-electron chi connectivity index (χ2n) is 7.54. The molecule has 3 heterocycles. The molecule has 0 radical (unpaired) electrons. The summed E-state index contributed by atoms with van der Waals surface area (Å²) in [4.78, 5) is 13.1. The minimum absolute atomic E-state index is 0.258. The number of hydrogen-bond donors (Lipinski definition) is 2. The summed E-state index contributed by atoms with van der Waals surface area (Å²) in [6.07, 6.45) is 4.59. The number of nitrogens with zero attached hydrogens (tertiary/aromatic N) is 4. The number of rotatable bonds is 4. The zero-order valence-electron chi connectivity index (χ0n) is 17.4. The number of nitrogens with one attached hydrogen (secondary N) is 2. The van der Waals surface area contributed by atoms with Crippen molar-refractivity contribution in [1.29, 1.82) is 0 Å². The zero-order chi connectivity index (χ0) is 21.2. The first-order valence-corrected chi connectivity index (χ1v) is 10.2. The van der Waals surface area contributed by atoms with Crippen LogP contribution in [0.2, 0.25) is 0 Å². The number of imidazole rings is 1. The maximum Gasteiger partial charge on any atom is 0.206 e. The largest absolute Gasteiger partial charge is 0.457 e. The molecule has 7 nitrogen and oxygen atoms in total. The van der Waals surface area contributed by atoms with Crippen molar-refractivity contribution in [2.24, 2.45) is 7.05 Å². The summed E-state index contributed by atoms with van der Waals surface area (Å²) in [5.74, 6) is 8.95. The van der Waals surface area contributed by atoms with Crippen molar-refractivity contribution in [2.45, 2.75) is 19.4 Å². The molecule has 2 N–H and O–H groups in total. The standard InChI is InChI=1S/C24H22N6O/c1-16-13-18(28-24-10-12-26-23(29-24)8-4-17-9-11-25-17)3-7-22(16)31-19-5-6-21-20(14-19)27-15-30(21)2/h3,5-7,10,12-15,17,25H,9,11H2,1-2H3,(H,26,28,29). The first-order valence-electron chi connectivity index (χ1n) is 10.2. The third-order valence-corrected chi connectivity index (χ3v) is 5.21. The van der Waals surface area contributed by atoms with Crippen molar-refractivity contribution >= 4 is 22.5 Å². The van der Waals surface area contributed by atoms with Crippen molar-refractivity contribution in [3.8, 4) is 23.3 Å². The number of aromatic nitrogens is 4. The van der Waals surface area contributed by atoms with E-state index in [-0.39, 0.29) is 6.04 Å². The molecule has 0 spiro atoms. The Balaban J connectivity index is 1.30. The second kappa shape index (κ2) is 8.09. The van der Waals surface area contributed by atoms with Crippen LogP contribution in [-0.2, 0) is 7.05 Å². The molecule has 2 aromatic heterocycles. The molecule has 0 aliphatic carbocycles. The van der Waals surface area contributed by atoms with Gasteiger partial charge in [-0.15, -0.1) is 0 Å². The fourth-order valence-electron chi connectivity index (χ4n) is 3.35. The van der Waals surface area contributed by atoms with Gasteiger partial charge in [0.05, 0.1) is 23.4 Å². The number of hydrogen-bond acceptors (Lipinski definition) is 6. The zero-order valence-corrected chi connectivity index (χ0v) is 17.4. The van der Waals surface area contributed by atoms with Crippen LogP contribution >= 0.6 is 0 Å². The van der Waals surface area contributed by atoms with Crippen molar-refractivity contribution < 1.29 is 4.74 Å². The van der Waals surface area contributed by atoms with E-state index in [2.05, 4.69) is 37.4 Å². The summed E-state index contributed by atoms with van der Waals surface area (Å²) in [7, 11) is 1.98. The van der Waals surface area contributed by atoms with Gasteiger partial charge in [0, 0.05) is 25.0 Å². The van der Waals surface area contributed by atoms with E-state index >= 15 is 0 Å². The third kappa shape index (κ3) is 4.20. The van der Waals surface area contributed by atoms with Crippen LogP contribution in [0.3, 0.4) is 0 Å². The molecule has 5 rings (SSSR count). The van der Waals surface area contributed by atoms with Crippen molar-refractivity contribution in [2.75, 3.05) is 11.9 Å². The van der Waals surface area contributed by atoms with Gasteiger partial charge in [0.2, 0.25) is 5.82 Å². The monoisotopic (exact) mass is 410 g/mol. The van der Waals surface area contributed by atoms with E-state index in [4.69, 9.17) is 4.74 Å². The predicted molar refractivity (Wildman–Crippen MR) is 121 cm³/mol. The lowest BCUT2D eigenvalue weighted by Crippen LogP contribution is -2.41. The van der Waals surface area contributed by atoms with Crippen LogP contribution in [0.25, 0.3) is 11.0 Å². The predicted octanol–water partition coefficient (Wildman–Crippen LogP) is 3.92. The molecule has 1 aliphatic rings. The molecule has 0 saturated carbocycles. The van der Waals surface area contributed by atoms with Crippen LogP contribution in [-0.4, -0.2) is 32.1 Å². The van der Waals surface area contributed by atoms with Gasteiger partial charge in [-0.3, -0.25) is 0 Å². The summed E-state index contributed by atoms with van der Waals surface area (Å²) in [5, 5.41) is 6.56. The average Bonchev–Trinajstić information content (AvgIpc) is 3.09. The van der Waals surface area contributed by atoms with E-state index in [1.165, 1.54) is 0 Å². The lowest BCUT2D eigenvalue weighted by atomic mass is 10.1. The molecule has 0 amide bonds. The highest BCUT2D eigenvalue weighted by Gasteiger charge is 2.12. The molecule has 1 aliphatic heterocycles. The Morgan fingerprint density at radius 1 is 1.16 bits per heavy atom. The van der Waals surface area contributed by atoms with Gasteiger partial charge in [0.15, 0.2) is 0 Å². The van der Waals surface area contributed by atoms with Gasteiger partial charge in [-0.2, -0.15) is 0 Å². The van der Waals surface area contributed by atoms with E-state index < -0.39 is 0 Å². The summed E-state index contributed by atoms with van der Waals surface area (Å²) in [6.45, 7) is 3.04. The molecule has 154 valence electrons. The Bertz CT molecular complexity index is 1310. The van der Waals surface area contributed by atoms with E-state index in [0.29, 0.717) is 11.6 Å². The van der Waals surface area contributed by atoms with Gasteiger partial charge < -0.3 is 19.9 Å². The van der Waals surface area contributed by atoms with Crippen LogP contribution in [0.4, 0.5) is 11.5 Å². The van der Waals surface area contributed by atoms with Gasteiger partial charge in [0.25, 0.3) is 0 Å². The summed E-state index contributed by atoms with van der Waals surface area (Å²) in [5.41, 5.74) is 3.91. The first-order chi connectivity index (χ1) is 15.1. The topological polar surface area (TPSA) is 76.9 Å².